The first-order chi connectivity index (χ1) is 67.5. The molecular weight excluding hydrogens is 1840 g/mol. The third-order valence-electron chi connectivity index (χ3n) is 26.6. The molecule has 0 aromatic heterocycles. The molecule has 21 aliphatic heterocycles. The molecule has 0 aliphatic carbocycles. The largest absolute Gasteiger partial charge is 0.508 e. The van der Waals surface area contributed by atoms with E-state index < -0.39 is 215 Å². The van der Waals surface area contributed by atoms with E-state index in [0.29, 0.717) is 44.9 Å². The van der Waals surface area contributed by atoms with Crippen molar-refractivity contribution in [2.45, 2.75) is 260 Å². The summed E-state index contributed by atoms with van der Waals surface area (Å²) in [5, 5.41) is 271. The van der Waals surface area contributed by atoms with Gasteiger partial charge in [-0.25, -0.2) is 0 Å². The maximum Gasteiger partial charge on any atom is 0.187 e. The molecule has 42 heteroatoms. The fraction of sp³-hybridized carbons (Fsp3) is 0.571. The number of hydrogen-bond donors (Lipinski definition) is 28. The van der Waals surface area contributed by atoms with Crippen LogP contribution in [0.25, 0.3) is 0 Å². The van der Waals surface area contributed by atoms with Crippen LogP contribution in [0.3, 0.4) is 0 Å². The molecule has 21 heterocycles. The fourth-order valence-corrected chi connectivity index (χ4v) is 18.5. The van der Waals surface area contributed by atoms with Gasteiger partial charge in [-0.3, -0.25) is 0 Å². The van der Waals surface area contributed by atoms with Crippen LogP contribution < -0.4 is 37.2 Å². The lowest BCUT2D eigenvalue weighted by Crippen LogP contribution is -2.69. The minimum absolute atomic E-state index is 0.0224. The van der Waals surface area contributed by atoms with Crippen LogP contribution in [0.1, 0.15) is 38.9 Å². The van der Waals surface area contributed by atoms with E-state index in [4.69, 9.17) is 66.3 Å². The van der Waals surface area contributed by atoms with Gasteiger partial charge >= 0.3 is 0 Å². The number of aromatic hydroxyl groups is 7. The topological polar surface area (TPSA) is 638 Å². The summed E-state index contributed by atoms with van der Waals surface area (Å²) in [4.78, 5) is 0. The van der Waals surface area contributed by atoms with Crippen molar-refractivity contribution in [3.8, 4) is 40.2 Å². The Morgan fingerprint density at radius 2 is 0.257 bits per heavy atom. The predicted octanol–water partition coefficient (Wildman–Crippen LogP) is -4.41. The van der Waals surface area contributed by atoms with Gasteiger partial charge in [-0.1, -0.05) is 84.9 Å². The van der Waals surface area contributed by atoms with Crippen molar-refractivity contribution in [2.24, 2.45) is 0 Å². The zero-order valence-corrected chi connectivity index (χ0v) is 76.8. The van der Waals surface area contributed by atoms with Crippen molar-refractivity contribution >= 4 is 0 Å². The first kappa shape index (κ1) is 106. The number of aliphatic hydroxyl groups is 14. The number of nitrogens with one attached hydrogen (secondary N) is 7. The third-order valence-corrected chi connectivity index (χ3v) is 26.6. The van der Waals surface area contributed by atoms with Crippen LogP contribution in [0.4, 0.5) is 0 Å². The van der Waals surface area contributed by atoms with Gasteiger partial charge in [-0.2, -0.15) is 0 Å². The summed E-state index contributed by atoms with van der Waals surface area (Å²) in [5.41, 5.74) is 5.49. The van der Waals surface area contributed by atoms with Crippen LogP contribution >= 0.6 is 0 Å². The minimum Gasteiger partial charge on any atom is -0.508 e. The fourth-order valence-electron chi connectivity index (χ4n) is 18.5. The van der Waals surface area contributed by atoms with Crippen LogP contribution in [0.2, 0.25) is 0 Å². The molecule has 28 rings (SSSR count). The van der Waals surface area contributed by atoms with Crippen LogP contribution in [0.15, 0.2) is 170 Å². The van der Waals surface area contributed by atoms with Crippen LogP contribution in [-0.2, 0) is 111 Å². The van der Waals surface area contributed by atoms with Crippen molar-refractivity contribution in [3.05, 3.63) is 209 Å². The summed E-state index contributed by atoms with van der Waals surface area (Å²) >= 11 is 0. The summed E-state index contributed by atoms with van der Waals surface area (Å²) in [6.45, 7) is -0.461. The van der Waals surface area contributed by atoms with Crippen molar-refractivity contribution in [3.63, 3.8) is 0 Å². The zero-order chi connectivity index (χ0) is 98.8. The number of hydrogen-bond acceptors (Lipinski definition) is 42. The monoisotopic (exact) mass is 1970 g/mol. The zero-order valence-electron chi connectivity index (χ0n) is 76.8. The highest BCUT2D eigenvalue weighted by Gasteiger charge is 2.60. The molecule has 770 valence electrons. The van der Waals surface area contributed by atoms with Gasteiger partial charge in [0.25, 0.3) is 0 Å². The van der Waals surface area contributed by atoms with E-state index in [2.05, 4.69) is 37.2 Å². The van der Waals surface area contributed by atoms with Gasteiger partial charge in [-0.05, 0) is 215 Å². The first-order valence-corrected chi connectivity index (χ1v) is 47.6. The molecule has 0 amide bonds. The molecule has 7 aromatic rings. The summed E-state index contributed by atoms with van der Waals surface area (Å²) in [6, 6.07) is 44.9. The van der Waals surface area contributed by atoms with Crippen molar-refractivity contribution in [1.82, 2.24) is 37.2 Å². The van der Waals surface area contributed by atoms with E-state index >= 15 is 0 Å². The van der Waals surface area contributed by atoms with Gasteiger partial charge in [0.15, 0.2) is 44.0 Å². The number of phenolic OH excluding ortho intramolecular Hbond substituents is 7. The number of rotatable bonds is 35. The standard InChI is InChI=1S/C98H133N7O35/c106-57-15-1-50(2-16-57)29-36-99-43-64-85-71(113)78(120)92(127-64)135-86-65(44-100-37-30-51-3-17-58(107)18-4-51)129-94(80(122)73(86)115)137-88-67(46-102-39-32-53-7-21-60(109)22-8-53)131-96(82(124)75(88)117)139-90-69(48-104-41-34-55-11-25-62(111)26-12-55)133-98(84(126)77(90)119)140-91-70(49-105-42-35-56-13-27-63(112)28-14-56)132-97(83(125)76(91)118)138-89-68(47-103-40-33-54-9-23-61(110)24-10-54)130-95(81(123)74(89)116)136-87-66(128-93(134-85)79(121)72(87)114)45-101-38-31-52-5-19-59(108)20-6-52/h1-28,64-126H,29-49H2/t64-,65-,66-,67-,68+,69+,70+,71+,72+,73+,74+,75+,76+,77-,78+,79+,80+,81+,82+,83-,84-,85+,86+,87+,88+,89+,90+,91+,92+,93+,94+,95+,96+,97+,98+/m0/s1. The van der Waals surface area contributed by atoms with Gasteiger partial charge in [0.1, 0.15) is 211 Å². The molecule has 140 heavy (non-hydrogen) atoms. The maximum atomic E-state index is 12.7. The average molecular weight is 1970 g/mol. The van der Waals surface area contributed by atoms with E-state index in [1.807, 2.05) is 0 Å². The van der Waals surface area contributed by atoms with E-state index in [-0.39, 0.29) is 132 Å². The highest BCUT2D eigenvalue weighted by molar-refractivity contribution is 5.32. The Balaban J connectivity index is 0.788. The second kappa shape index (κ2) is 50.5. The van der Waals surface area contributed by atoms with Crippen LogP contribution in [0.5, 0.6) is 40.2 Å². The molecule has 0 unspecified atom stereocenters. The molecule has 28 N–H and O–H groups in total. The highest BCUT2D eigenvalue weighted by Crippen LogP contribution is 2.41. The summed E-state index contributed by atoms with van der Waals surface area (Å²) in [7, 11) is 0. The second-order valence-corrected chi connectivity index (χ2v) is 36.7. The molecule has 21 saturated heterocycles. The number of phenols is 7. The van der Waals surface area contributed by atoms with Crippen molar-refractivity contribution < 1.29 is 174 Å². The quantitative estimate of drug-likeness (QED) is 0.0167. The molecule has 0 saturated carbocycles. The average Bonchev–Trinajstić information content (AvgIpc) is 0.787. The number of aliphatic hydroxyl groups excluding tert-OH is 14. The molecule has 7 aromatic carbocycles. The van der Waals surface area contributed by atoms with Gasteiger partial charge in [0.2, 0.25) is 0 Å². The smallest absolute Gasteiger partial charge is 0.187 e. The maximum absolute atomic E-state index is 12.7. The lowest BCUT2D eigenvalue weighted by atomic mass is 9.94. The molecular formula is C98H133N7O35. The molecule has 42 nitrogen and oxygen atoms in total. The van der Waals surface area contributed by atoms with Crippen molar-refractivity contribution in [1.29, 1.82) is 0 Å². The Bertz CT molecular complexity index is 4000. The van der Waals surface area contributed by atoms with E-state index in [9.17, 15) is 107 Å². The summed E-state index contributed by atoms with van der Waals surface area (Å²) in [6.07, 6.45) is -63.7. The number of benzene rings is 7. The Kier molecular flexibility index (Phi) is 38.2. The van der Waals surface area contributed by atoms with Crippen LogP contribution in [0, 0.1) is 0 Å². The lowest BCUT2D eigenvalue weighted by Gasteiger charge is -2.50. The van der Waals surface area contributed by atoms with Gasteiger partial charge in [0.05, 0.1) is 0 Å². The molecule has 14 bridgehead atoms. The summed E-state index contributed by atoms with van der Waals surface area (Å²) < 4.78 is 92.6. The molecule has 21 aliphatic rings. The Morgan fingerprint density at radius 1 is 0.150 bits per heavy atom. The molecule has 21 fully saturated rings. The normalized spacial score (nSPS) is 35.6. The number of ether oxygens (including phenoxy) is 14. The van der Waals surface area contributed by atoms with Crippen molar-refractivity contribution in [2.75, 3.05) is 91.6 Å². The lowest BCUT2D eigenvalue weighted by molar-refractivity contribution is -0.392. The van der Waals surface area contributed by atoms with Gasteiger partial charge in [-0.15, -0.1) is 0 Å². The third kappa shape index (κ3) is 27.7. The molecule has 35 atom stereocenters. The molecule has 0 radical (unpaired) electrons. The van der Waals surface area contributed by atoms with Gasteiger partial charge in [0, 0.05) is 45.8 Å². The molecule has 0 spiro atoms. The summed E-state index contributed by atoms with van der Waals surface area (Å²) in [5.74, 6) is 0.157. The van der Waals surface area contributed by atoms with E-state index in [1.54, 1.807) is 84.9 Å². The predicted molar refractivity (Wildman–Crippen MR) is 492 cm³/mol. The Labute approximate surface area is 807 Å². The van der Waals surface area contributed by atoms with Gasteiger partial charge < -0.3 is 211 Å². The van der Waals surface area contributed by atoms with Crippen LogP contribution in [-0.4, -0.2) is 414 Å². The Morgan fingerprint density at radius 3 is 0.364 bits per heavy atom. The Hall–Kier alpha value is -8.26. The SMILES string of the molecule is Oc1ccc(CCNC[C@@H]2O[C@@H]3O[C@H]4[C@H](O)[C@@H](O)[C@@H](O[C@H]5[C@@H](O)[C@H](O)[C@@H](O[C@H]6[C@H](O)[C@H](O)[C@@H](O[C@H]7[C@H](O)[C@@H](O)[C@@H](O[C@H]8[C@H](O)[C@@H](O)[C@@H](O[C@H]9[C@H](O)[C@@H](O)[C@@H](O[C@H]2[C@H](O)[C@H]3O)O[C@H]9CNCCc2ccc(O)cc2)O[C@H]8CNCCc2ccc(O)cc2)O[C@@H]7CNCCc2ccc(O)cc2)O[C@@H]6CNCCc2ccc(O)cc2)O[C@@H]5CNCCc2ccc(O)cc2)O[C@H]4CNCCc2ccc(O)cc2)cc1. The highest BCUT2D eigenvalue weighted by atomic mass is 16.8. The first-order valence-electron chi connectivity index (χ1n) is 47.6. The van der Waals surface area contributed by atoms with E-state index in [0.717, 1.165) is 38.9 Å². The van der Waals surface area contributed by atoms with E-state index in [1.165, 1.54) is 84.9 Å². The minimum atomic E-state index is -2.17. The second-order valence-electron chi connectivity index (χ2n) is 36.7.